The lowest BCUT2D eigenvalue weighted by atomic mass is 10.1. The minimum absolute atomic E-state index is 0.294. The van der Waals surface area contributed by atoms with E-state index < -0.39 is 0 Å². The third kappa shape index (κ3) is 4.60. The molecule has 16 heavy (non-hydrogen) atoms. The molecule has 0 atom stereocenters. The second-order valence-electron chi connectivity index (χ2n) is 3.38. The van der Waals surface area contributed by atoms with Gasteiger partial charge in [0.15, 0.2) is 0 Å². The Morgan fingerprint density at radius 3 is 2.62 bits per heavy atom. The van der Waals surface area contributed by atoms with Gasteiger partial charge in [-0.25, -0.2) is 4.79 Å². The molecule has 2 nitrogen and oxygen atoms in total. The fraction of sp³-hybridized carbons (Fsp3) is 0.214. The van der Waals surface area contributed by atoms with Crippen LogP contribution in [0.25, 0.3) is 6.08 Å². The average molecular weight is 216 g/mol. The Morgan fingerprint density at radius 1 is 1.31 bits per heavy atom. The predicted molar refractivity (Wildman–Crippen MR) is 65.9 cm³/mol. The Kier molecular flexibility index (Phi) is 5.06. The number of carbonyl (C=O) groups excluding carboxylic acids is 1. The van der Waals surface area contributed by atoms with Crippen LogP contribution in [-0.4, -0.2) is 12.6 Å². The van der Waals surface area contributed by atoms with Gasteiger partial charge in [-0.05, 0) is 25.0 Å². The van der Waals surface area contributed by atoms with E-state index in [4.69, 9.17) is 4.74 Å². The number of rotatable bonds is 4. The molecule has 0 saturated heterocycles. The second kappa shape index (κ2) is 6.62. The van der Waals surface area contributed by atoms with Gasteiger partial charge in [-0.2, -0.15) is 0 Å². The van der Waals surface area contributed by atoms with Crippen molar-refractivity contribution in [2.45, 2.75) is 13.8 Å². The lowest BCUT2D eigenvalue weighted by molar-refractivity contribution is -0.137. The summed E-state index contributed by atoms with van der Waals surface area (Å²) < 4.78 is 4.82. The Labute approximate surface area is 96.2 Å². The van der Waals surface area contributed by atoms with Crippen LogP contribution >= 0.6 is 0 Å². The topological polar surface area (TPSA) is 26.3 Å². The third-order valence-corrected chi connectivity index (χ3v) is 1.97. The molecule has 84 valence electrons. The van der Waals surface area contributed by atoms with Crippen LogP contribution in [0.5, 0.6) is 0 Å². The van der Waals surface area contributed by atoms with E-state index in [1.54, 1.807) is 6.92 Å². The summed E-state index contributed by atoms with van der Waals surface area (Å²) >= 11 is 0. The minimum Gasteiger partial charge on any atom is -0.463 e. The normalized spacial score (nSPS) is 11.8. The molecular weight excluding hydrogens is 200 g/mol. The van der Waals surface area contributed by atoms with Gasteiger partial charge in [0.1, 0.15) is 0 Å². The van der Waals surface area contributed by atoms with Gasteiger partial charge in [-0.3, -0.25) is 0 Å². The SMILES string of the molecule is CCOC(=O)/C=C(C)/C=C\c1ccccc1. The van der Waals surface area contributed by atoms with Gasteiger partial charge in [0.25, 0.3) is 0 Å². The lowest BCUT2D eigenvalue weighted by Gasteiger charge is -1.96. The van der Waals surface area contributed by atoms with E-state index in [2.05, 4.69) is 0 Å². The first kappa shape index (κ1) is 12.2. The van der Waals surface area contributed by atoms with Gasteiger partial charge in [-0.15, -0.1) is 0 Å². The van der Waals surface area contributed by atoms with Crippen LogP contribution in [0.1, 0.15) is 19.4 Å². The fourth-order valence-electron chi connectivity index (χ4n) is 1.21. The van der Waals surface area contributed by atoms with Crippen LogP contribution in [-0.2, 0) is 9.53 Å². The third-order valence-electron chi connectivity index (χ3n) is 1.97. The smallest absolute Gasteiger partial charge is 0.330 e. The molecule has 0 saturated carbocycles. The maximum atomic E-state index is 11.1. The highest BCUT2D eigenvalue weighted by atomic mass is 16.5. The molecule has 1 aromatic carbocycles. The highest BCUT2D eigenvalue weighted by Gasteiger charge is 1.94. The average Bonchev–Trinajstić information content (AvgIpc) is 2.28. The van der Waals surface area contributed by atoms with E-state index >= 15 is 0 Å². The van der Waals surface area contributed by atoms with Crippen LogP contribution < -0.4 is 0 Å². The van der Waals surface area contributed by atoms with E-state index in [9.17, 15) is 4.79 Å². The van der Waals surface area contributed by atoms with Crippen molar-refractivity contribution in [1.82, 2.24) is 0 Å². The van der Waals surface area contributed by atoms with E-state index in [1.807, 2.05) is 49.4 Å². The largest absolute Gasteiger partial charge is 0.463 e. The van der Waals surface area contributed by atoms with Gasteiger partial charge >= 0.3 is 5.97 Å². The second-order valence-corrected chi connectivity index (χ2v) is 3.38. The minimum atomic E-state index is -0.294. The molecule has 0 aliphatic heterocycles. The molecule has 0 N–H and O–H groups in total. The number of esters is 1. The van der Waals surface area contributed by atoms with Crippen molar-refractivity contribution in [3.63, 3.8) is 0 Å². The molecule has 0 radical (unpaired) electrons. The van der Waals surface area contributed by atoms with E-state index in [0.29, 0.717) is 6.61 Å². The summed E-state index contributed by atoms with van der Waals surface area (Å²) in [6.07, 6.45) is 5.35. The molecule has 0 heterocycles. The predicted octanol–water partition coefficient (Wildman–Crippen LogP) is 3.21. The van der Waals surface area contributed by atoms with Gasteiger partial charge in [0.2, 0.25) is 0 Å². The zero-order valence-corrected chi connectivity index (χ0v) is 9.64. The first-order valence-corrected chi connectivity index (χ1v) is 5.30. The van der Waals surface area contributed by atoms with Gasteiger partial charge < -0.3 is 4.74 Å². The summed E-state index contributed by atoms with van der Waals surface area (Å²) in [6, 6.07) is 9.94. The number of hydrogen-bond donors (Lipinski definition) is 0. The van der Waals surface area contributed by atoms with Crippen LogP contribution in [0.15, 0.2) is 48.1 Å². The van der Waals surface area contributed by atoms with Crippen LogP contribution in [0.2, 0.25) is 0 Å². The number of hydrogen-bond acceptors (Lipinski definition) is 2. The molecule has 0 bridgehead atoms. The number of ether oxygens (including phenoxy) is 1. The standard InChI is InChI=1S/C14H16O2/c1-3-16-14(15)11-12(2)9-10-13-7-5-4-6-8-13/h4-11H,3H2,1-2H3/b10-9-,12-11+. The first-order valence-electron chi connectivity index (χ1n) is 5.30. The molecular formula is C14H16O2. The molecule has 0 spiro atoms. The van der Waals surface area contributed by atoms with Crippen molar-refractivity contribution in [3.8, 4) is 0 Å². The highest BCUT2D eigenvalue weighted by molar-refractivity contribution is 5.83. The van der Waals surface area contributed by atoms with Crippen molar-refractivity contribution in [2.75, 3.05) is 6.61 Å². The first-order chi connectivity index (χ1) is 7.72. The molecule has 2 heteroatoms. The maximum absolute atomic E-state index is 11.1. The molecule has 0 unspecified atom stereocenters. The van der Waals surface area contributed by atoms with Crippen molar-refractivity contribution >= 4 is 12.0 Å². The molecule has 0 amide bonds. The van der Waals surface area contributed by atoms with Gasteiger partial charge in [0.05, 0.1) is 6.61 Å². The summed E-state index contributed by atoms with van der Waals surface area (Å²) in [7, 11) is 0. The van der Waals surface area contributed by atoms with Crippen molar-refractivity contribution in [2.24, 2.45) is 0 Å². The summed E-state index contributed by atoms with van der Waals surface area (Å²) in [5, 5.41) is 0. The molecule has 0 fully saturated rings. The van der Waals surface area contributed by atoms with E-state index in [-0.39, 0.29) is 5.97 Å². The lowest BCUT2D eigenvalue weighted by Crippen LogP contribution is -1.99. The van der Waals surface area contributed by atoms with Gasteiger partial charge in [0, 0.05) is 6.08 Å². The van der Waals surface area contributed by atoms with Crippen molar-refractivity contribution in [3.05, 3.63) is 53.6 Å². The van der Waals surface area contributed by atoms with Crippen molar-refractivity contribution in [1.29, 1.82) is 0 Å². The summed E-state index contributed by atoms with van der Waals surface area (Å²) in [5.74, 6) is -0.294. The maximum Gasteiger partial charge on any atom is 0.330 e. The highest BCUT2D eigenvalue weighted by Crippen LogP contribution is 2.04. The number of allylic oxidation sites excluding steroid dienone is 2. The van der Waals surface area contributed by atoms with Crippen LogP contribution in [0, 0.1) is 0 Å². The number of benzene rings is 1. The van der Waals surface area contributed by atoms with E-state index in [1.165, 1.54) is 6.08 Å². The Balaban J connectivity index is 2.60. The summed E-state index contributed by atoms with van der Waals surface area (Å²) in [6.45, 7) is 4.07. The van der Waals surface area contributed by atoms with E-state index in [0.717, 1.165) is 11.1 Å². The zero-order chi connectivity index (χ0) is 11.8. The molecule has 0 aliphatic carbocycles. The molecule has 0 aromatic heterocycles. The Bertz CT molecular complexity index is 388. The fourth-order valence-corrected chi connectivity index (χ4v) is 1.21. The quantitative estimate of drug-likeness (QED) is 0.439. The van der Waals surface area contributed by atoms with Gasteiger partial charge in [-0.1, -0.05) is 42.5 Å². The monoisotopic (exact) mass is 216 g/mol. The molecule has 1 aromatic rings. The zero-order valence-electron chi connectivity index (χ0n) is 9.64. The Morgan fingerprint density at radius 2 is 2.00 bits per heavy atom. The number of carbonyl (C=O) groups is 1. The summed E-state index contributed by atoms with van der Waals surface area (Å²) in [5.41, 5.74) is 1.99. The molecule has 1 rings (SSSR count). The Hall–Kier alpha value is -1.83. The summed E-state index contributed by atoms with van der Waals surface area (Å²) in [4.78, 5) is 11.1. The van der Waals surface area contributed by atoms with Crippen LogP contribution in [0.3, 0.4) is 0 Å². The van der Waals surface area contributed by atoms with Crippen molar-refractivity contribution < 1.29 is 9.53 Å². The van der Waals surface area contributed by atoms with Crippen LogP contribution in [0.4, 0.5) is 0 Å². The molecule has 0 aliphatic rings.